The molecule has 0 fully saturated rings. The smallest absolute Gasteiger partial charge is 0.0913 e. The second kappa shape index (κ2) is 12.5. The zero-order valence-electron chi connectivity index (χ0n) is 13.9. The molecule has 21 heavy (non-hydrogen) atoms. The monoisotopic (exact) mass is 287 g/mol. The molecule has 1 radical (unpaired) electrons. The van der Waals surface area contributed by atoms with Gasteiger partial charge in [-0.3, -0.25) is 0 Å². The van der Waals surface area contributed by atoms with Crippen LogP contribution < -0.4 is 0 Å². The first-order valence-electron chi connectivity index (χ1n) is 8.55. The molecule has 0 unspecified atom stereocenters. The summed E-state index contributed by atoms with van der Waals surface area (Å²) in [4.78, 5) is 0. The molecule has 0 spiro atoms. The fourth-order valence-corrected chi connectivity index (χ4v) is 2.39. The number of unbranched alkanes of at least 4 members (excludes halogenated alkanes) is 6. The lowest BCUT2D eigenvalue weighted by Gasteiger charge is -2.05. The fraction of sp³-hybridized carbons (Fsp3) is 0.600. The minimum atomic E-state index is 0.762. The second-order valence-electron chi connectivity index (χ2n) is 5.86. The van der Waals surface area contributed by atoms with Gasteiger partial charge in [0.1, 0.15) is 0 Å². The van der Waals surface area contributed by atoms with Gasteiger partial charge in [0.05, 0.1) is 12.9 Å². The van der Waals surface area contributed by atoms with Crippen molar-refractivity contribution >= 4 is 0 Å². The zero-order chi connectivity index (χ0) is 15.2. The van der Waals surface area contributed by atoms with Gasteiger partial charge in [-0.05, 0) is 37.0 Å². The first kappa shape index (κ1) is 17.8. The van der Waals surface area contributed by atoms with E-state index in [0.29, 0.717) is 0 Å². The molecule has 0 aliphatic heterocycles. The van der Waals surface area contributed by atoms with Crippen LogP contribution in [-0.4, -0.2) is 6.61 Å². The summed E-state index contributed by atoms with van der Waals surface area (Å²) in [5.74, 6) is 0. The lowest BCUT2D eigenvalue weighted by atomic mass is 10.1. The van der Waals surface area contributed by atoms with Crippen molar-refractivity contribution in [3.63, 3.8) is 0 Å². The van der Waals surface area contributed by atoms with E-state index in [-0.39, 0.29) is 0 Å². The summed E-state index contributed by atoms with van der Waals surface area (Å²) in [5, 5.41) is 0. The Morgan fingerprint density at radius 3 is 2.43 bits per heavy atom. The van der Waals surface area contributed by atoms with E-state index in [1.54, 1.807) is 0 Å². The second-order valence-corrected chi connectivity index (χ2v) is 5.86. The lowest BCUT2D eigenvalue weighted by molar-refractivity contribution is 0.249. The van der Waals surface area contributed by atoms with Crippen LogP contribution in [-0.2, 0) is 11.2 Å². The molecule has 0 amide bonds. The predicted octanol–water partition coefficient (Wildman–Crippen LogP) is 6.09. The average molecular weight is 287 g/mol. The van der Waals surface area contributed by atoms with Crippen molar-refractivity contribution in [2.24, 2.45) is 0 Å². The maximum atomic E-state index is 5.64. The van der Waals surface area contributed by atoms with Crippen molar-refractivity contribution in [2.45, 2.75) is 71.6 Å². The van der Waals surface area contributed by atoms with Gasteiger partial charge in [0.2, 0.25) is 0 Å². The topological polar surface area (TPSA) is 9.23 Å². The van der Waals surface area contributed by atoms with E-state index in [1.165, 1.54) is 62.5 Å². The summed E-state index contributed by atoms with van der Waals surface area (Å²) in [6, 6.07) is 11.1. The van der Waals surface area contributed by atoms with Crippen molar-refractivity contribution in [1.29, 1.82) is 0 Å². The number of allylic oxidation sites excluding steroid dienone is 1. The van der Waals surface area contributed by atoms with Crippen LogP contribution in [0.2, 0.25) is 0 Å². The summed E-state index contributed by atoms with van der Waals surface area (Å²) >= 11 is 0. The summed E-state index contributed by atoms with van der Waals surface area (Å²) in [6.07, 6.45) is 13.7. The highest BCUT2D eigenvalue weighted by Crippen LogP contribution is 2.12. The van der Waals surface area contributed by atoms with Crippen LogP contribution in [0.4, 0.5) is 0 Å². The van der Waals surface area contributed by atoms with E-state index in [4.69, 9.17) is 4.74 Å². The Balaban J connectivity index is 1.97. The fourth-order valence-electron chi connectivity index (χ4n) is 2.39. The zero-order valence-corrected chi connectivity index (χ0v) is 13.9. The van der Waals surface area contributed by atoms with Crippen molar-refractivity contribution in [3.8, 4) is 0 Å². The Labute approximate surface area is 131 Å². The van der Waals surface area contributed by atoms with Crippen molar-refractivity contribution in [1.82, 2.24) is 0 Å². The first-order chi connectivity index (χ1) is 10.3. The van der Waals surface area contributed by atoms with E-state index in [2.05, 4.69) is 32.0 Å². The third-order valence-electron chi connectivity index (χ3n) is 3.76. The maximum Gasteiger partial charge on any atom is 0.0913 e. The molecule has 1 aromatic rings. The Morgan fingerprint density at radius 2 is 1.71 bits per heavy atom. The molecule has 1 nitrogen and oxygen atoms in total. The van der Waals surface area contributed by atoms with Crippen LogP contribution >= 0.6 is 0 Å². The molecule has 1 rings (SSSR count). The van der Waals surface area contributed by atoms with E-state index in [0.717, 1.165) is 13.0 Å². The summed E-state index contributed by atoms with van der Waals surface area (Å²) < 4.78 is 5.64. The summed E-state index contributed by atoms with van der Waals surface area (Å²) in [7, 11) is 0. The molecule has 0 N–H and O–H groups in total. The molecule has 0 bridgehead atoms. The summed E-state index contributed by atoms with van der Waals surface area (Å²) in [5.41, 5.74) is 2.68. The average Bonchev–Trinajstić information content (AvgIpc) is 2.52. The van der Waals surface area contributed by atoms with Crippen LogP contribution in [0.1, 0.15) is 70.8 Å². The number of rotatable bonds is 12. The number of benzene rings is 1. The number of hydrogen-bond donors (Lipinski definition) is 0. The molecule has 117 valence electrons. The number of ether oxygens (including phenoxy) is 1. The number of hydrogen-bond acceptors (Lipinski definition) is 1. The van der Waals surface area contributed by atoms with Gasteiger partial charge in [0.15, 0.2) is 0 Å². The maximum absolute atomic E-state index is 5.64. The highest BCUT2D eigenvalue weighted by atomic mass is 16.5. The third-order valence-corrected chi connectivity index (χ3v) is 3.76. The van der Waals surface area contributed by atoms with E-state index < -0.39 is 0 Å². The van der Waals surface area contributed by atoms with Crippen LogP contribution in [0.25, 0.3) is 0 Å². The predicted molar refractivity (Wildman–Crippen MR) is 91.3 cm³/mol. The van der Waals surface area contributed by atoms with Gasteiger partial charge >= 0.3 is 0 Å². The van der Waals surface area contributed by atoms with Crippen LogP contribution in [0.5, 0.6) is 0 Å². The van der Waals surface area contributed by atoms with Crippen molar-refractivity contribution in [3.05, 3.63) is 47.7 Å². The molecule has 0 saturated carbocycles. The molecule has 0 heterocycles. The molecular formula is C20H31O. The van der Waals surface area contributed by atoms with Crippen molar-refractivity contribution < 1.29 is 4.74 Å². The molecule has 0 aliphatic rings. The minimum Gasteiger partial charge on any atom is -0.501 e. The highest BCUT2D eigenvalue weighted by molar-refractivity contribution is 5.13. The summed E-state index contributed by atoms with van der Waals surface area (Å²) in [6.45, 7) is 5.21. The third kappa shape index (κ3) is 10.2. The van der Waals surface area contributed by atoms with E-state index >= 15 is 0 Å². The van der Waals surface area contributed by atoms with Crippen LogP contribution in [0, 0.1) is 6.07 Å². The Bertz CT molecular complexity index is 367. The highest BCUT2D eigenvalue weighted by Gasteiger charge is 1.94. The van der Waals surface area contributed by atoms with Gasteiger partial charge in [0, 0.05) is 6.42 Å². The molecular weight excluding hydrogens is 256 g/mol. The molecule has 0 saturated heterocycles. The molecule has 0 aliphatic carbocycles. The lowest BCUT2D eigenvalue weighted by Crippen LogP contribution is -1.94. The standard InChI is InChI=1S/C20H31O/c1-3-4-5-6-7-8-10-13-19(2)18-21-17-16-20-14-11-9-12-15-20/h11-12,14-15,18H,3-8,10,13,16-17H2,1-2H3. The van der Waals surface area contributed by atoms with E-state index in [9.17, 15) is 0 Å². The van der Waals surface area contributed by atoms with Gasteiger partial charge in [-0.1, -0.05) is 69.7 Å². The van der Waals surface area contributed by atoms with Gasteiger partial charge in [-0.25, -0.2) is 0 Å². The van der Waals surface area contributed by atoms with Gasteiger partial charge in [-0.15, -0.1) is 0 Å². The molecule has 1 aromatic carbocycles. The van der Waals surface area contributed by atoms with Crippen molar-refractivity contribution in [2.75, 3.05) is 6.61 Å². The Hall–Kier alpha value is -1.24. The normalized spacial score (nSPS) is 11.6. The molecule has 1 heteroatoms. The minimum absolute atomic E-state index is 0.762. The van der Waals surface area contributed by atoms with E-state index in [1.807, 2.05) is 18.4 Å². The van der Waals surface area contributed by atoms with Gasteiger partial charge < -0.3 is 4.74 Å². The van der Waals surface area contributed by atoms with Crippen LogP contribution in [0.3, 0.4) is 0 Å². The SMILES string of the molecule is CCCCCCCCCC(C)=COCCc1cc[c]cc1. The Morgan fingerprint density at radius 1 is 1.05 bits per heavy atom. The largest absolute Gasteiger partial charge is 0.501 e. The van der Waals surface area contributed by atoms with Gasteiger partial charge in [0.25, 0.3) is 0 Å². The van der Waals surface area contributed by atoms with Crippen LogP contribution in [0.15, 0.2) is 36.1 Å². The molecule has 0 aromatic heterocycles. The first-order valence-corrected chi connectivity index (χ1v) is 8.55. The van der Waals surface area contributed by atoms with Gasteiger partial charge in [-0.2, -0.15) is 0 Å². The quantitative estimate of drug-likeness (QED) is 0.334. The Kier molecular flexibility index (Phi) is 10.6. The molecule has 0 atom stereocenters.